The molecule has 2 fully saturated rings. The van der Waals surface area contributed by atoms with Crippen molar-refractivity contribution in [2.45, 2.75) is 64.2 Å². The van der Waals surface area contributed by atoms with E-state index in [-0.39, 0.29) is 0 Å². The van der Waals surface area contributed by atoms with Crippen LogP contribution in [0, 0.1) is 17.8 Å². The van der Waals surface area contributed by atoms with Crippen molar-refractivity contribution in [3.05, 3.63) is 12.7 Å². The summed E-state index contributed by atoms with van der Waals surface area (Å²) in [6, 6.07) is 0. The molecule has 0 saturated heterocycles. The summed E-state index contributed by atoms with van der Waals surface area (Å²) in [6.07, 6.45) is 17.0. The summed E-state index contributed by atoms with van der Waals surface area (Å²) in [5.74, 6) is 3.16. The van der Waals surface area contributed by atoms with Crippen LogP contribution in [-0.2, 0) is 0 Å². The molecule has 86 valence electrons. The first-order valence-electron chi connectivity index (χ1n) is 7.01. The SMILES string of the molecule is C=CC[C@H]1CC[C@H](C2CCCCC2)CC1. The van der Waals surface area contributed by atoms with Gasteiger partial charge < -0.3 is 0 Å². The molecule has 0 radical (unpaired) electrons. The maximum Gasteiger partial charge on any atom is -0.0325 e. The van der Waals surface area contributed by atoms with E-state index in [1.165, 1.54) is 64.2 Å². The van der Waals surface area contributed by atoms with E-state index < -0.39 is 0 Å². The molecule has 2 aliphatic carbocycles. The highest BCUT2D eigenvalue weighted by Gasteiger charge is 2.27. The molecule has 2 saturated carbocycles. The third-order valence-electron chi connectivity index (χ3n) is 4.71. The molecule has 2 rings (SSSR count). The molecule has 0 heterocycles. The van der Waals surface area contributed by atoms with E-state index in [9.17, 15) is 0 Å². The van der Waals surface area contributed by atoms with Gasteiger partial charge in [-0.05, 0) is 49.9 Å². The maximum atomic E-state index is 3.86. The van der Waals surface area contributed by atoms with Gasteiger partial charge in [0.25, 0.3) is 0 Å². The zero-order valence-corrected chi connectivity index (χ0v) is 10.1. The minimum absolute atomic E-state index is 0.974. The second-order valence-electron chi connectivity index (χ2n) is 5.70. The summed E-state index contributed by atoms with van der Waals surface area (Å²) in [6.45, 7) is 3.86. The van der Waals surface area contributed by atoms with Gasteiger partial charge in [-0.1, -0.05) is 38.2 Å². The minimum atomic E-state index is 0.974. The zero-order valence-electron chi connectivity index (χ0n) is 10.1. The fourth-order valence-electron chi connectivity index (χ4n) is 3.74. The predicted molar refractivity (Wildman–Crippen MR) is 66.8 cm³/mol. The predicted octanol–water partition coefficient (Wildman–Crippen LogP) is 4.95. The largest absolute Gasteiger partial charge is 0.103 e. The van der Waals surface area contributed by atoms with E-state index in [0.29, 0.717) is 0 Å². The van der Waals surface area contributed by atoms with Gasteiger partial charge in [0.05, 0.1) is 0 Å². The Morgan fingerprint density at radius 3 is 2.00 bits per heavy atom. The van der Waals surface area contributed by atoms with Crippen molar-refractivity contribution in [1.29, 1.82) is 0 Å². The number of allylic oxidation sites excluding steroid dienone is 1. The van der Waals surface area contributed by atoms with Crippen molar-refractivity contribution in [1.82, 2.24) is 0 Å². The number of hydrogen-bond donors (Lipinski definition) is 0. The van der Waals surface area contributed by atoms with Crippen molar-refractivity contribution >= 4 is 0 Å². The summed E-state index contributed by atoms with van der Waals surface area (Å²) in [5, 5.41) is 0. The highest BCUT2D eigenvalue weighted by molar-refractivity contribution is 4.82. The Kier molecular flexibility index (Phi) is 4.29. The molecular weight excluding hydrogens is 180 g/mol. The monoisotopic (exact) mass is 206 g/mol. The fourth-order valence-corrected chi connectivity index (χ4v) is 3.74. The summed E-state index contributed by atoms with van der Waals surface area (Å²) < 4.78 is 0. The first-order chi connectivity index (χ1) is 7.40. The topological polar surface area (TPSA) is 0 Å². The minimum Gasteiger partial charge on any atom is -0.103 e. The van der Waals surface area contributed by atoms with Gasteiger partial charge in [-0.3, -0.25) is 0 Å². The van der Waals surface area contributed by atoms with Gasteiger partial charge in [-0.15, -0.1) is 6.58 Å². The van der Waals surface area contributed by atoms with Gasteiger partial charge in [-0.25, -0.2) is 0 Å². The number of hydrogen-bond acceptors (Lipinski definition) is 0. The lowest BCUT2D eigenvalue weighted by atomic mass is 9.70. The Hall–Kier alpha value is -0.260. The van der Waals surface area contributed by atoms with Crippen molar-refractivity contribution in [2.75, 3.05) is 0 Å². The average Bonchev–Trinajstić information content (AvgIpc) is 2.32. The lowest BCUT2D eigenvalue weighted by molar-refractivity contribution is 0.168. The second-order valence-corrected chi connectivity index (χ2v) is 5.70. The van der Waals surface area contributed by atoms with Gasteiger partial charge in [0.1, 0.15) is 0 Å². The van der Waals surface area contributed by atoms with E-state index in [0.717, 1.165) is 17.8 Å². The van der Waals surface area contributed by atoms with Crippen LogP contribution in [0.1, 0.15) is 64.2 Å². The van der Waals surface area contributed by atoms with Gasteiger partial charge in [0.2, 0.25) is 0 Å². The summed E-state index contributed by atoms with van der Waals surface area (Å²) in [7, 11) is 0. The highest BCUT2D eigenvalue weighted by Crippen LogP contribution is 2.40. The van der Waals surface area contributed by atoms with Gasteiger partial charge in [0, 0.05) is 0 Å². The third kappa shape index (κ3) is 3.09. The average molecular weight is 206 g/mol. The van der Waals surface area contributed by atoms with Crippen molar-refractivity contribution in [2.24, 2.45) is 17.8 Å². The van der Waals surface area contributed by atoms with Gasteiger partial charge >= 0.3 is 0 Å². The molecule has 0 unspecified atom stereocenters. The highest BCUT2D eigenvalue weighted by atomic mass is 14.3. The maximum absolute atomic E-state index is 3.86. The molecule has 0 bridgehead atoms. The molecule has 0 N–H and O–H groups in total. The lowest BCUT2D eigenvalue weighted by Crippen LogP contribution is -2.23. The van der Waals surface area contributed by atoms with Crippen LogP contribution in [0.4, 0.5) is 0 Å². The standard InChI is InChI=1S/C15H26/c1-2-6-13-9-11-15(12-10-13)14-7-4-3-5-8-14/h2,13-15H,1,3-12H2/t13-,15-. The normalized spacial score (nSPS) is 33.9. The molecule has 0 aromatic heterocycles. The van der Waals surface area contributed by atoms with E-state index in [2.05, 4.69) is 12.7 Å². The van der Waals surface area contributed by atoms with Crippen LogP contribution in [0.2, 0.25) is 0 Å². The third-order valence-corrected chi connectivity index (χ3v) is 4.71. The van der Waals surface area contributed by atoms with Crippen LogP contribution in [0.3, 0.4) is 0 Å². The van der Waals surface area contributed by atoms with Crippen LogP contribution < -0.4 is 0 Å². The Labute approximate surface area is 95.1 Å². The van der Waals surface area contributed by atoms with Crippen LogP contribution in [-0.4, -0.2) is 0 Å². The molecule has 0 aromatic carbocycles. The molecule has 0 heteroatoms. The summed E-state index contributed by atoms with van der Waals surface area (Å²) in [5.41, 5.74) is 0. The molecular formula is C15H26. The Morgan fingerprint density at radius 2 is 1.40 bits per heavy atom. The number of rotatable bonds is 3. The lowest BCUT2D eigenvalue weighted by Gasteiger charge is -2.35. The van der Waals surface area contributed by atoms with Gasteiger partial charge in [-0.2, -0.15) is 0 Å². The molecule has 2 aliphatic rings. The first-order valence-corrected chi connectivity index (χ1v) is 7.01. The van der Waals surface area contributed by atoms with E-state index in [4.69, 9.17) is 0 Å². The van der Waals surface area contributed by atoms with Crippen molar-refractivity contribution < 1.29 is 0 Å². The molecule has 15 heavy (non-hydrogen) atoms. The molecule has 0 aliphatic heterocycles. The van der Waals surface area contributed by atoms with Crippen LogP contribution in [0.25, 0.3) is 0 Å². The van der Waals surface area contributed by atoms with E-state index in [1.54, 1.807) is 0 Å². The molecule has 0 atom stereocenters. The second kappa shape index (κ2) is 5.72. The molecule has 0 amide bonds. The quantitative estimate of drug-likeness (QED) is 0.573. The zero-order chi connectivity index (χ0) is 10.5. The Morgan fingerprint density at radius 1 is 0.800 bits per heavy atom. The smallest absolute Gasteiger partial charge is 0.0325 e. The van der Waals surface area contributed by atoms with E-state index in [1.807, 2.05) is 0 Å². The van der Waals surface area contributed by atoms with Gasteiger partial charge in [0.15, 0.2) is 0 Å². The molecule has 0 aromatic rings. The van der Waals surface area contributed by atoms with Crippen molar-refractivity contribution in [3.63, 3.8) is 0 Å². The van der Waals surface area contributed by atoms with E-state index >= 15 is 0 Å². The first kappa shape index (κ1) is 11.2. The van der Waals surface area contributed by atoms with Crippen LogP contribution in [0.15, 0.2) is 12.7 Å². The van der Waals surface area contributed by atoms with Crippen molar-refractivity contribution in [3.8, 4) is 0 Å². The summed E-state index contributed by atoms with van der Waals surface area (Å²) >= 11 is 0. The summed E-state index contributed by atoms with van der Waals surface area (Å²) in [4.78, 5) is 0. The Balaban J connectivity index is 1.74. The Bertz CT molecular complexity index is 180. The molecule has 0 nitrogen and oxygen atoms in total. The van der Waals surface area contributed by atoms with Crippen LogP contribution >= 0.6 is 0 Å². The molecule has 0 spiro atoms. The van der Waals surface area contributed by atoms with Crippen LogP contribution in [0.5, 0.6) is 0 Å². The fraction of sp³-hybridized carbons (Fsp3) is 0.867.